The van der Waals surface area contributed by atoms with E-state index in [0.29, 0.717) is 27.8 Å². The number of fused-ring (bicyclic) bond motifs is 1. The Bertz CT molecular complexity index is 1270. The van der Waals surface area contributed by atoms with E-state index in [4.69, 9.17) is 22.2 Å². The molecular weight excluding hydrogens is 458 g/mol. The molecule has 4 N–H and O–H groups in total. The minimum atomic E-state index is -4.14. The number of ether oxygens (including phenoxy) is 1. The number of pyridine rings is 1. The largest absolute Gasteiger partial charge is 0.497 e. The first-order valence-corrected chi connectivity index (χ1v) is 11.0. The lowest BCUT2D eigenvalue weighted by atomic mass is 10.1. The number of sulfonamides is 1. The van der Waals surface area contributed by atoms with Gasteiger partial charge in [0.15, 0.2) is 0 Å². The average Bonchev–Trinajstić information content (AvgIpc) is 2.78. The number of aliphatic carboxylic acids is 1. The third-order valence-electron chi connectivity index (χ3n) is 4.55. The van der Waals surface area contributed by atoms with Crippen LogP contribution in [0.4, 0.5) is 5.69 Å². The predicted molar refractivity (Wildman–Crippen MR) is 121 cm³/mol. The number of halogens is 1. The third kappa shape index (κ3) is 5.25. The summed E-state index contributed by atoms with van der Waals surface area (Å²) < 4.78 is 35.9. The molecule has 0 aliphatic heterocycles. The lowest BCUT2D eigenvalue weighted by molar-refractivity contribution is -0.137. The molecule has 168 valence electrons. The van der Waals surface area contributed by atoms with Crippen molar-refractivity contribution in [3.63, 3.8) is 0 Å². The number of hydrogen-bond donors (Lipinski definition) is 3. The summed E-state index contributed by atoms with van der Waals surface area (Å²) in [5.41, 5.74) is 6.68. The lowest BCUT2D eigenvalue weighted by Gasteiger charge is -2.21. The van der Waals surface area contributed by atoms with Crippen molar-refractivity contribution in [3.05, 3.63) is 60.4 Å². The third-order valence-corrected chi connectivity index (χ3v) is 6.52. The zero-order chi connectivity index (χ0) is 23.3. The maximum atomic E-state index is 13.3. The number of guanidine groups is 1. The summed E-state index contributed by atoms with van der Waals surface area (Å²) in [5, 5.41) is 13.2. The van der Waals surface area contributed by atoms with Gasteiger partial charge in [0.05, 0.1) is 23.9 Å². The summed E-state index contributed by atoms with van der Waals surface area (Å²) in [5.74, 6) is -0.718. The smallest absolute Gasteiger partial charge is 0.318 e. The number of carboxylic acids is 1. The topological polar surface area (TPSA) is 147 Å². The molecule has 1 heterocycles. The van der Waals surface area contributed by atoms with Crippen LogP contribution in [0.3, 0.4) is 0 Å². The van der Waals surface area contributed by atoms with Gasteiger partial charge >= 0.3 is 5.97 Å². The number of nitrogens with two attached hydrogens (primary N) is 1. The van der Waals surface area contributed by atoms with E-state index in [9.17, 15) is 18.3 Å². The molecule has 0 radical (unpaired) electrons. The number of carbonyl (C=O) groups is 1. The van der Waals surface area contributed by atoms with Crippen LogP contribution in [0.1, 0.15) is 5.56 Å². The predicted octanol–water partition coefficient (Wildman–Crippen LogP) is 2.40. The molecule has 0 fully saturated rings. The molecule has 10 nitrogen and oxygen atoms in total. The number of carboxylic acid groups (broad SMARTS) is 1. The van der Waals surface area contributed by atoms with Crippen molar-refractivity contribution in [2.24, 2.45) is 10.2 Å². The number of nitrogens with zero attached hydrogens (tertiary/aromatic N) is 3. The van der Waals surface area contributed by atoms with Crippen LogP contribution in [0, 0.1) is 0 Å². The van der Waals surface area contributed by atoms with Crippen molar-refractivity contribution in [3.8, 4) is 5.75 Å². The molecule has 0 unspecified atom stereocenters. The van der Waals surface area contributed by atoms with Crippen molar-refractivity contribution < 1.29 is 23.1 Å². The van der Waals surface area contributed by atoms with Gasteiger partial charge in [-0.15, -0.1) is 4.51 Å². The fourth-order valence-corrected chi connectivity index (χ4v) is 4.49. The fraction of sp³-hybridized carbons (Fsp3) is 0.150. The second-order valence-electron chi connectivity index (χ2n) is 6.68. The molecule has 32 heavy (non-hydrogen) atoms. The maximum Gasteiger partial charge on any atom is 0.318 e. The molecule has 0 saturated heterocycles. The normalized spacial score (nSPS) is 12.2. The van der Waals surface area contributed by atoms with Gasteiger partial charge < -0.3 is 20.9 Å². The molecule has 3 rings (SSSR count). The fourth-order valence-electron chi connectivity index (χ4n) is 3.03. The first-order chi connectivity index (χ1) is 15.2. The molecule has 0 atom stereocenters. The molecule has 0 bridgehead atoms. The highest BCUT2D eigenvalue weighted by Crippen LogP contribution is 2.27. The number of nitrogens with one attached hydrogen (secondary N) is 1. The highest BCUT2D eigenvalue weighted by atomic mass is 35.5. The first-order valence-electron chi connectivity index (χ1n) is 9.18. The Balaban J connectivity index is 1.98. The van der Waals surface area contributed by atoms with Crippen molar-refractivity contribution in [2.75, 3.05) is 19.0 Å². The standard InChI is InChI=1S/C20H20ClN5O5S/c1-31-15-4-2-13(3-5-15)11-26(12-19(27)28)32(29,30)16-6-7-17-14(8-16)9-23-10-18(17)24-20(22)25-21/h2-10H,11-12H2,1H3,(H,27,28)(H3,22,24,25). The van der Waals surface area contributed by atoms with E-state index in [1.54, 1.807) is 30.3 Å². The average molecular weight is 478 g/mol. The number of benzene rings is 2. The van der Waals surface area contributed by atoms with Gasteiger partial charge in [-0.3, -0.25) is 9.78 Å². The van der Waals surface area contributed by atoms with Gasteiger partial charge in [0.25, 0.3) is 0 Å². The zero-order valence-electron chi connectivity index (χ0n) is 16.9. The van der Waals surface area contributed by atoms with Crippen LogP contribution < -0.4 is 15.8 Å². The molecule has 2 aromatic carbocycles. The highest BCUT2D eigenvalue weighted by Gasteiger charge is 2.27. The maximum absolute atomic E-state index is 13.3. The lowest BCUT2D eigenvalue weighted by Crippen LogP contribution is -2.35. The van der Waals surface area contributed by atoms with Crippen molar-refractivity contribution in [2.45, 2.75) is 11.4 Å². The highest BCUT2D eigenvalue weighted by molar-refractivity contribution is 7.89. The SMILES string of the molecule is COc1ccc(CN(CC(=O)O)S(=O)(=O)c2ccc3c(NC(N)=NCl)cncc3c2)cc1. The van der Waals surface area contributed by atoms with E-state index in [1.807, 2.05) is 0 Å². The van der Waals surface area contributed by atoms with Gasteiger partial charge in [-0.2, -0.15) is 4.31 Å². The van der Waals surface area contributed by atoms with Crippen molar-refractivity contribution in [1.82, 2.24) is 9.29 Å². The minimum absolute atomic E-state index is 0.0511. The molecule has 1 aromatic heterocycles. The number of rotatable bonds is 8. The Morgan fingerprint density at radius 1 is 1.25 bits per heavy atom. The van der Waals surface area contributed by atoms with Crippen LogP contribution in [-0.2, 0) is 21.4 Å². The van der Waals surface area contributed by atoms with Crippen LogP contribution in [0.25, 0.3) is 10.8 Å². The number of aromatic nitrogens is 1. The number of hydrogen-bond acceptors (Lipinski definition) is 6. The molecule has 0 aliphatic rings. The van der Waals surface area contributed by atoms with Crippen LogP contribution in [0.2, 0.25) is 0 Å². The number of methoxy groups -OCH3 is 1. The van der Waals surface area contributed by atoms with Gasteiger partial charge in [-0.1, -0.05) is 18.2 Å². The van der Waals surface area contributed by atoms with Crippen LogP contribution in [0.5, 0.6) is 5.75 Å². The summed E-state index contributed by atoms with van der Waals surface area (Å²) in [6, 6.07) is 11.1. The van der Waals surface area contributed by atoms with E-state index < -0.39 is 22.5 Å². The first kappa shape index (κ1) is 23.3. The Morgan fingerprint density at radius 3 is 2.59 bits per heavy atom. The van der Waals surface area contributed by atoms with Gasteiger partial charge in [-0.25, -0.2) is 8.42 Å². The van der Waals surface area contributed by atoms with Gasteiger partial charge in [0, 0.05) is 35.3 Å². The van der Waals surface area contributed by atoms with E-state index >= 15 is 0 Å². The van der Waals surface area contributed by atoms with Crippen molar-refractivity contribution >= 4 is 50.2 Å². The molecule has 3 aromatic rings. The molecule has 0 aliphatic carbocycles. The zero-order valence-corrected chi connectivity index (χ0v) is 18.5. The molecular formula is C20H20ClN5O5S. The van der Waals surface area contributed by atoms with Crippen LogP contribution in [0.15, 0.2) is 64.3 Å². The Morgan fingerprint density at radius 2 is 1.97 bits per heavy atom. The Kier molecular flexibility index (Phi) is 7.13. The quantitative estimate of drug-likeness (QED) is 0.331. The van der Waals surface area contributed by atoms with E-state index in [2.05, 4.69) is 14.8 Å². The van der Waals surface area contributed by atoms with E-state index in [0.717, 1.165) is 4.31 Å². The summed E-state index contributed by atoms with van der Waals surface area (Å²) in [6.45, 7) is -0.825. The van der Waals surface area contributed by atoms with Gasteiger partial charge in [0.2, 0.25) is 16.0 Å². The molecule has 0 amide bonds. The monoisotopic (exact) mass is 477 g/mol. The molecule has 12 heteroatoms. The summed E-state index contributed by atoms with van der Waals surface area (Å²) in [4.78, 5) is 15.4. The van der Waals surface area contributed by atoms with Crippen LogP contribution in [-0.4, -0.2) is 48.4 Å². The van der Waals surface area contributed by atoms with Crippen LogP contribution >= 0.6 is 11.8 Å². The van der Waals surface area contributed by atoms with Gasteiger partial charge in [0.1, 0.15) is 12.3 Å². The van der Waals surface area contributed by atoms with E-state index in [-0.39, 0.29) is 17.4 Å². The summed E-state index contributed by atoms with van der Waals surface area (Å²) in [7, 11) is -2.62. The van der Waals surface area contributed by atoms with E-state index in [1.165, 1.54) is 31.6 Å². The van der Waals surface area contributed by atoms with Crippen molar-refractivity contribution in [1.29, 1.82) is 0 Å². The molecule has 0 spiro atoms. The number of anilines is 1. The summed E-state index contributed by atoms with van der Waals surface area (Å²) >= 11 is 5.34. The Labute approximate surface area is 189 Å². The summed E-state index contributed by atoms with van der Waals surface area (Å²) in [6.07, 6.45) is 2.98. The second kappa shape index (κ2) is 9.81. The second-order valence-corrected chi connectivity index (χ2v) is 8.79. The molecule has 0 saturated carbocycles. The minimum Gasteiger partial charge on any atom is -0.497 e. The Hall–Kier alpha value is -3.41. The van der Waals surface area contributed by atoms with Gasteiger partial charge in [-0.05, 0) is 29.8 Å².